The van der Waals surface area contributed by atoms with E-state index in [-0.39, 0.29) is 16.2 Å². The van der Waals surface area contributed by atoms with Gasteiger partial charge in [0, 0.05) is 25.2 Å². The Morgan fingerprint density at radius 1 is 0.435 bits per heavy atom. The lowest BCUT2D eigenvalue weighted by molar-refractivity contribution is 0.225. The molecule has 332 valence electrons. The third-order valence-electron chi connectivity index (χ3n) is 14.7. The summed E-state index contributed by atoms with van der Waals surface area (Å²) in [5.74, 6) is 1.50. The maximum Gasteiger partial charge on any atom is 0.0443 e. The first kappa shape index (κ1) is 47.4. The fraction of sp³-hybridized carbons (Fsp3) is 0.508. The van der Waals surface area contributed by atoms with Crippen LogP contribution in [0.25, 0.3) is 32.3 Å². The molecule has 2 saturated carbocycles. The van der Waals surface area contributed by atoms with Gasteiger partial charge >= 0.3 is 0 Å². The van der Waals surface area contributed by atoms with Crippen LogP contribution < -0.4 is 4.90 Å². The molecule has 6 aromatic rings. The van der Waals surface area contributed by atoms with Crippen molar-refractivity contribution in [2.45, 2.75) is 183 Å². The van der Waals surface area contributed by atoms with E-state index in [4.69, 9.17) is 0 Å². The molecule has 0 heterocycles. The van der Waals surface area contributed by atoms with Crippen LogP contribution in [0.2, 0.25) is 0 Å². The van der Waals surface area contributed by atoms with Crippen LogP contribution in [-0.2, 0) is 16.2 Å². The Labute approximate surface area is 379 Å². The van der Waals surface area contributed by atoms with Gasteiger partial charge in [0.05, 0.1) is 0 Å². The SMILES string of the molecule is Cc1c(C(C)(C)C)cc(C2CCC(C)(C)CC2)c2ccccc12.Cc1c(C(C)(C)C)cc(C2CCCCC2)c2ccccc12.Cc1c(C(C)(C)C)cc(N(C)C)c2ccccc12. The molecule has 2 aliphatic carbocycles. The summed E-state index contributed by atoms with van der Waals surface area (Å²) >= 11 is 0. The van der Waals surface area contributed by atoms with Gasteiger partial charge in [-0.2, -0.15) is 0 Å². The van der Waals surface area contributed by atoms with Crippen molar-refractivity contribution >= 4 is 38.0 Å². The maximum atomic E-state index is 2.54. The van der Waals surface area contributed by atoms with Gasteiger partial charge in [0.25, 0.3) is 0 Å². The monoisotopic (exact) mass is 830 g/mol. The van der Waals surface area contributed by atoms with Crippen LogP contribution in [0.1, 0.15) is 190 Å². The summed E-state index contributed by atoms with van der Waals surface area (Å²) in [5, 5.41) is 8.62. The highest BCUT2D eigenvalue weighted by molar-refractivity contribution is 5.97. The smallest absolute Gasteiger partial charge is 0.0443 e. The van der Waals surface area contributed by atoms with E-state index in [1.54, 1.807) is 11.1 Å². The molecule has 6 aromatic carbocycles. The number of aryl methyl sites for hydroxylation is 3. The fourth-order valence-corrected chi connectivity index (χ4v) is 11.1. The summed E-state index contributed by atoms with van der Waals surface area (Å²) in [6.07, 6.45) is 12.3. The molecule has 0 unspecified atom stereocenters. The molecule has 0 saturated heterocycles. The second-order valence-corrected chi connectivity index (χ2v) is 23.4. The average molecular weight is 830 g/mol. The summed E-state index contributed by atoms with van der Waals surface area (Å²) in [6, 6.07) is 34.2. The average Bonchev–Trinajstić information content (AvgIpc) is 3.21. The van der Waals surface area contributed by atoms with Crippen molar-refractivity contribution in [1.82, 2.24) is 0 Å². The van der Waals surface area contributed by atoms with Gasteiger partial charge in [-0.25, -0.2) is 0 Å². The molecule has 0 radical (unpaired) electrons. The number of benzene rings is 6. The number of hydrogen-bond donors (Lipinski definition) is 0. The van der Waals surface area contributed by atoms with E-state index in [0.29, 0.717) is 5.41 Å². The molecule has 0 aromatic heterocycles. The first-order chi connectivity index (χ1) is 29.0. The highest BCUT2D eigenvalue weighted by Crippen LogP contribution is 2.46. The van der Waals surface area contributed by atoms with Crippen LogP contribution in [-0.4, -0.2) is 14.1 Å². The van der Waals surface area contributed by atoms with Crippen molar-refractivity contribution in [2.24, 2.45) is 5.41 Å². The molecule has 0 atom stereocenters. The second-order valence-electron chi connectivity index (χ2n) is 23.4. The number of anilines is 1. The van der Waals surface area contributed by atoms with Gasteiger partial charge in [0.1, 0.15) is 0 Å². The van der Waals surface area contributed by atoms with Gasteiger partial charge < -0.3 is 4.90 Å². The van der Waals surface area contributed by atoms with E-state index in [2.05, 4.69) is 207 Å². The highest BCUT2D eigenvalue weighted by Gasteiger charge is 2.30. The molecule has 2 fully saturated rings. The summed E-state index contributed by atoms with van der Waals surface area (Å²) < 4.78 is 0. The van der Waals surface area contributed by atoms with E-state index < -0.39 is 0 Å². The van der Waals surface area contributed by atoms with Gasteiger partial charge in [0.15, 0.2) is 0 Å². The van der Waals surface area contributed by atoms with E-state index >= 15 is 0 Å². The minimum absolute atomic E-state index is 0.179. The largest absolute Gasteiger partial charge is 0.377 e. The highest BCUT2D eigenvalue weighted by atomic mass is 15.1. The lowest BCUT2D eigenvalue weighted by atomic mass is 9.69. The van der Waals surface area contributed by atoms with Gasteiger partial charge in [-0.05, 0) is 170 Å². The summed E-state index contributed by atoms with van der Waals surface area (Å²) in [5.41, 5.74) is 14.5. The Bertz CT molecular complexity index is 2470. The Morgan fingerprint density at radius 2 is 0.758 bits per heavy atom. The van der Waals surface area contributed by atoms with Gasteiger partial charge in [-0.1, -0.05) is 180 Å². The number of nitrogens with zero attached hydrogens (tertiary/aromatic N) is 1. The van der Waals surface area contributed by atoms with Crippen molar-refractivity contribution in [3.05, 3.63) is 136 Å². The molecule has 2 aliphatic rings. The zero-order valence-corrected chi connectivity index (χ0v) is 42.1. The zero-order valence-electron chi connectivity index (χ0n) is 42.1. The molecule has 62 heavy (non-hydrogen) atoms. The van der Waals surface area contributed by atoms with Crippen LogP contribution in [0.3, 0.4) is 0 Å². The molecule has 1 heteroatoms. The van der Waals surface area contributed by atoms with Crippen LogP contribution in [0.15, 0.2) is 91.0 Å². The standard InChI is InChI=1S/C23H32.C21H28.C17H23N/c1-16-18-9-7-8-10-19(18)20(15-21(16)22(2,3)4)17-11-13-23(5,6)14-12-17;1-15-17-12-8-9-13-18(17)19(14-20(15)21(2,3)4)16-10-6-5-7-11-16;1-12-13-9-7-8-10-14(13)16(18(5)6)11-15(12)17(2,3)4/h7-10,15,17H,11-14H2,1-6H3;8-9,12-14,16H,5-7,10-11H2,1-4H3;7-11H,1-6H3. The molecule has 0 N–H and O–H groups in total. The Morgan fingerprint density at radius 3 is 1.13 bits per heavy atom. The first-order valence-corrected chi connectivity index (χ1v) is 24.2. The van der Waals surface area contributed by atoms with Gasteiger partial charge in [0.2, 0.25) is 0 Å². The molecular weight excluding hydrogens is 747 g/mol. The first-order valence-electron chi connectivity index (χ1n) is 24.2. The van der Waals surface area contributed by atoms with Crippen LogP contribution in [0.4, 0.5) is 5.69 Å². The van der Waals surface area contributed by atoms with E-state index in [1.807, 2.05) is 0 Å². The van der Waals surface area contributed by atoms with Crippen molar-refractivity contribution < 1.29 is 0 Å². The zero-order chi connectivity index (χ0) is 45.4. The normalized spacial score (nSPS) is 16.5. The van der Waals surface area contributed by atoms with Gasteiger partial charge in [-0.3, -0.25) is 0 Å². The molecule has 8 rings (SSSR count). The van der Waals surface area contributed by atoms with Crippen LogP contribution in [0, 0.1) is 26.2 Å². The van der Waals surface area contributed by atoms with Crippen LogP contribution >= 0.6 is 0 Å². The van der Waals surface area contributed by atoms with E-state index in [1.165, 1.54) is 129 Å². The molecule has 0 aliphatic heterocycles. The topological polar surface area (TPSA) is 3.24 Å². The molecule has 0 bridgehead atoms. The van der Waals surface area contributed by atoms with Crippen LogP contribution in [0.5, 0.6) is 0 Å². The quantitative estimate of drug-likeness (QED) is 0.172. The molecular formula is C61H83N. The Balaban J connectivity index is 0.000000156. The van der Waals surface area contributed by atoms with E-state index in [0.717, 1.165) is 11.8 Å². The van der Waals surface area contributed by atoms with Gasteiger partial charge in [-0.15, -0.1) is 0 Å². The summed E-state index contributed by atoms with van der Waals surface area (Å²) in [7, 11) is 4.23. The maximum absolute atomic E-state index is 2.54. The minimum Gasteiger partial charge on any atom is -0.377 e. The number of fused-ring (bicyclic) bond motifs is 3. The summed E-state index contributed by atoms with van der Waals surface area (Å²) in [6.45, 7) is 32.6. The van der Waals surface area contributed by atoms with E-state index in [9.17, 15) is 0 Å². The minimum atomic E-state index is 0.179. The van der Waals surface area contributed by atoms with Crippen molar-refractivity contribution in [3.63, 3.8) is 0 Å². The molecule has 1 nitrogen and oxygen atoms in total. The second kappa shape index (κ2) is 18.6. The Hall–Kier alpha value is -4.10. The van der Waals surface area contributed by atoms with Crippen molar-refractivity contribution in [2.75, 3.05) is 19.0 Å². The molecule has 0 amide bonds. The predicted molar refractivity (Wildman–Crippen MR) is 277 cm³/mol. The van der Waals surface area contributed by atoms with Crippen molar-refractivity contribution in [3.8, 4) is 0 Å². The van der Waals surface area contributed by atoms with Crippen molar-refractivity contribution in [1.29, 1.82) is 0 Å². The summed E-state index contributed by atoms with van der Waals surface area (Å²) in [4.78, 5) is 2.21. The lowest BCUT2D eigenvalue weighted by Gasteiger charge is -2.36. The third-order valence-corrected chi connectivity index (χ3v) is 14.7. The third kappa shape index (κ3) is 10.5. The number of hydrogen-bond acceptors (Lipinski definition) is 1. The Kier molecular flexibility index (Phi) is 14.2. The fourth-order valence-electron chi connectivity index (χ4n) is 11.1. The predicted octanol–water partition coefficient (Wildman–Crippen LogP) is 18.1. The number of rotatable bonds is 3. The molecule has 0 spiro atoms. The lowest BCUT2D eigenvalue weighted by Crippen LogP contribution is -2.21.